The molecular weight excluding hydrogens is 324 g/mol. The zero-order valence-corrected chi connectivity index (χ0v) is 11.8. The zero-order chi connectivity index (χ0) is 15.6. The fourth-order valence-electron chi connectivity index (χ4n) is 1.66. The van der Waals surface area contributed by atoms with Gasteiger partial charge in [0.25, 0.3) is 0 Å². The lowest BCUT2D eigenvalue weighted by molar-refractivity contribution is -0.137. The molecule has 0 amide bonds. The maximum absolute atomic E-state index is 12.7. The average molecular weight is 331 g/mol. The monoisotopic (exact) mass is 330 g/mol. The van der Waals surface area contributed by atoms with Gasteiger partial charge in [0.2, 0.25) is 0 Å². The Morgan fingerprint density at radius 1 is 1.00 bits per heavy atom. The number of hydrogen-bond donors (Lipinski definition) is 1. The van der Waals surface area contributed by atoms with Gasteiger partial charge in [-0.3, -0.25) is 0 Å². The predicted molar refractivity (Wildman–Crippen MR) is 75.9 cm³/mol. The van der Waals surface area contributed by atoms with Crippen LogP contribution in [-0.4, -0.2) is 0 Å². The summed E-state index contributed by atoms with van der Waals surface area (Å²) in [4.78, 5) is 0. The molecule has 0 fully saturated rings. The largest absolute Gasteiger partial charge is 0.416 e. The number of halogens is 5. The summed E-state index contributed by atoms with van der Waals surface area (Å²) in [6.45, 7) is 0. The molecule has 0 saturated heterocycles. The van der Waals surface area contributed by atoms with E-state index in [1.807, 2.05) is 6.07 Å². The second-order valence-corrected chi connectivity index (χ2v) is 4.96. The van der Waals surface area contributed by atoms with Gasteiger partial charge in [-0.1, -0.05) is 23.2 Å². The van der Waals surface area contributed by atoms with Crippen molar-refractivity contribution in [3.63, 3.8) is 0 Å². The van der Waals surface area contributed by atoms with Crippen LogP contribution < -0.4 is 5.32 Å². The summed E-state index contributed by atoms with van der Waals surface area (Å²) in [5.41, 5.74) is -0.244. The zero-order valence-electron chi connectivity index (χ0n) is 10.3. The number of alkyl halides is 3. The SMILES string of the molecule is N#Cc1cc(Cl)ccc1Nc1cc(C(F)(F)F)ccc1Cl. The highest BCUT2D eigenvalue weighted by atomic mass is 35.5. The van der Waals surface area contributed by atoms with E-state index in [2.05, 4.69) is 5.32 Å². The Morgan fingerprint density at radius 2 is 1.71 bits per heavy atom. The fraction of sp³-hybridized carbons (Fsp3) is 0.0714. The molecule has 2 nitrogen and oxygen atoms in total. The van der Waals surface area contributed by atoms with Crippen LogP contribution in [0.15, 0.2) is 36.4 Å². The van der Waals surface area contributed by atoms with E-state index in [0.717, 1.165) is 18.2 Å². The fourth-order valence-corrected chi connectivity index (χ4v) is 2.00. The molecule has 0 heterocycles. The van der Waals surface area contributed by atoms with Crippen molar-refractivity contribution >= 4 is 34.6 Å². The molecule has 0 spiro atoms. The second kappa shape index (κ2) is 5.84. The van der Waals surface area contributed by atoms with Crippen molar-refractivity contribution in [2.45, 2.75) is 6.18 Å². The minimum absolute atomic E-state index is 0.0605. The maximum atomic E-state index is 12.7. The van der Waals surface area contributed by atoms with E-state index in [9.17, 15) is 13.2 Å². The van der Waals surface area contributed by atoms with Crippen LogP contribution in [0.1, 0.15) is 11.1 Å². The molecule has 0 atom stereocenters. The lowest BCUT2D eigenvalue weighted by atomic mass is 10.1. The summed E-state index contributed by atoms with van der Waals surface area (Å²) in [6.07, 6.45) is -4.47. The molecule has 2 rings (SSSR count). The lowest BCUT2D eigenvalue weighted by Crippen LogP contribution is -2.05. The molecule has 0 aromatic heterocycles. The van der Waals surface area contributed by atoms with E-state index in [4.69, 9.17) is 28.5 Å². The average Bonchev–Trinajstić information content (AvgIpc) is 2.41. The summed E-state index contributed by atoms with van der Waals surface area (Å²) in [7, 11) is 0. The van der Waals surface area contributed by atoms with Crippen LogP contribution in [0.3, 0.4) is 0 Å². The summed E-state index contributed by atoms with van der Waals surface area (Å²) in [6, 6.07) is 9.26. The first-order valence-corrected chi connectivity index (χ1v) is 6.40. The third-order valence-electron chi connectivity index (χ3n) is 2.67. The van der Waals surface area contributed by atoms with Gasteiger partial charge in [-0.2, -0.15) is 18.4 Å². The smallest absolute Gasteiger partial charge is 0.353 e. The molecule has 1 N–H and O–H groups in total. The number of nitrogens with one attached hydrogen (secondary N) is 1. The number of nitrogens with zero attached hydrogens (tertiary/aromatic N) is 1. The van der Waals surface area contributed by atoms with E-state index < -0.39 is 11.7 Å². The van der Waals surface area contributed by atoms with Crippen LogP contribution in [0.5, 0.6) is 0 Å². The molecule has 0 saturated carbocycles. The molecule has 0 unspecified atom stereocenters. The first-order valence-electron chi connectivity index (χ1n) is 5.64. The van der Waals surface area contributed by atoms with Crippen molar-refractivity contribution in [3.8, 4) is 6.07 Å². The Hall–Kier alpha value is -1.90. The Bertz CT molecular complexity index is 721. The molecule has 21 heavy (non-hydrogen) atoms. The first-order chi connectivity index (χ1) is 9.81. The van der Waals surface area contributed by atoms with Crippen LogP contribution in [0.4, 0.5) is 24.5 Å². The van der Waals surface area contributed by atoms with Crippen molar-refractivity contribution in [1.29, 1.82) is 5.26 Å². The highest BCUT2D eigenvalue weighted by Gasteiger charge is 2.31. The quantitative estimate of drug-likeness (QED) is 0.774. The van der Waals surface area contributed by atoms with Gasteiger partial charge in [0.05, 0.1) is 27.5 Å². The molecule has 2 aromatic rings. The van der Waals surface area contributed by atoms with Crippen LogP contribution in [0.25, 0.3) is 0 Å². The van der Waals surface area contributed by atoms with Gasteiger partial charge in [0.1, 0.15) is 6.07 Å². The molecular formula is C14H7Cl2F3N2. The highest BCUT2D eigenvalue weighted by molar-refractivity contribution is 6.33. The Kier molecular flexibility index (Phi) is 4.31. The molecule has 7 heteroatoms. The van der Waals surface area contributed by atoms with Crippen LogP contribution >= 0.6 is 23.2 Å². The first kappa shape index (κ1) is 15.5. The van der Waals surface area contributed by atoms with E-state index in [0.29, 0.717) is 10.7 Å². The van der Waals surface area contributed by atoms with Gasteiger partial charge in [-0.25, -0.2) is 0 Å². The minimum atomic E-state index is -4.47. The number of benzene rings is 2. The van der Waals surface area contributed by atoms with Crippen LogP contribution in [0.2, 0.25) is 10.0 Å². The third kappa shape index (κ3) is 3.60. The Balaban J connectivity index is 2.43. The topological polar surface area (TPSA) is 35.8 Å². The number of hydrogen-bond acceptors (Lipinski definition) is 2. The number of nitriles is 1. The van der Waals surface area contributed by atoms with E-state index in [-0.39, 0.29) is 16.3 Å². The highest BCUT2D eigenvalue weighted by Crippen LogP contribution is 2.35. The van der Waals surface area contributed by atoms with E-state index in [1.54, 1.807) is 0 Å². The van der Waals surface area contributed by atoms with Crippen molar-refractivity contribution in [3.05, 3.63) is 57.6 Å². The standard InChI is InChI=1S/C14H7Cl2F3N2/c15-10-2-4-12(8(5-10)7-20)21-13-6-9(14(17,18)19)1-3-11(13)16/h1-6,21H. The lowest BCUT2D eigenvalue weighted by Gasteiger charge is -2.13. The van der Waals surface area contributed by atoms with Gasteiger partial charge < -0.3 is 5.32 Å². The number of anilines is 2. The summed E-state index contributed by atoms with van der Waals surface area (Å²) in [5.74, 6) is 0. The molecule has 0 bridgehead atoms. The van der Waals surface area contributed by atoms with Gasteiger partial charge >= 0.3 is 6.18 Å². The van der Waals surface area contributed by atoms with Crippen LogP contribution in [0, 0.1) is 11.3 Å². The van der Waals surface area contributed by atoms with Crippen molar-refractivity contribution in [2.24, 2.45) is 0 Å². The Morgan fingerprint density at radius 3 is 2.33 bits per heavy atom. The molecule has 0 radical (unpaired) electrons. The molecule has 0 aliphatic rings. The Labute approximate surface area is 128 Å². The normalized spacial score (nSPS) is 11.0. The summed E-state index contributed by atoms with van der Waals surface area (Å²) < 4.78 is 38.1. The van der Waals surface area contributed by atoms with E-state index >= 15 is 0 Å². The second-order valence-electron chi connectivity index (χ2n) is 4.12. The van der Waals surface area contributed by atoms with Crippen molar-refractivity contribution in [2.75, 3.05) is 5.32 Å². The predicted octanol–water partition coefficient (Wildman–Crippen LogP) is 5.63. The minimum Gasteiger partial charge on any atom is -0.353 e. The number of rotatable bonds is 2. The molecule has 0 aliphatic heterocycles. The van der Waals surface area contributed by atoms with Crippen molar-refractivity contribution in [1.82, 2.24) is 0 Å². The summed E-state index contributed by atoms with van der Waals surface area (Å²) in [5, 5.41) is 12.2. The van der Waals surface area contributed by atoms with Gasteiger partial charge in [-0.05, 0) is 36.4 Å². The van der Waals surface area contributed by atoms with E-state index in [1.165, 1.54) is 18.2 Å². The van der Waals surface area contributed by atoms with Gasteiger partial charge in [0, 0.05) is 5.02 Å². The van der Waals surface area contributed by atoms with Crippen molar-refractivity contribution < 1.29 is 13.2 Å². The van der Waals surface area contributed by atoms with Gasteiger partial charge in [0.15, 0.2) is 0 Å². The maximum Gasteiger partial charge on any atom is 0.416 e. The van der Waals surface area contributed by atoms with Gasteiger partial charge in [-0.15, -0.1) is 0 Å². The molecule has 0 aliphatic carbocycles. The molecule has 108 valence electrons. The van der Waals surface area contributed by atoms with Crippen LogP contribution in [-0.2, 0) is 6.18 Å². The molecule has 2 aromatic carbocycles. The third-order valence-corrected chi connectivity index (χ3v) is 3.23. The summed E-state index contributed by atoms with van der Waals surface area (Å²) >= 11 is 11.6.